The van der Waals surface area contributed by atoms with E-state index in [2.05, 4.69) is 46.9 Å². The molecule has 1 aromatic heterocycles. The van der Waals surface area contributed by atoms with Crippen LogP contribution in [-0.2, 0) is 4.74 Å². The number of aromatic nitrogens is 1. The van der Waals surface area contributed by atoms with Crippen molar-refractivity contribution in [3.05, 3.63) is 20.8 Å². The number of amides is 1. The van der Waals surface area contributed by atoms with Crippen LogP contribution in [0, 0.1) is 0 Å². The van der Waals surface area contributed by atoms with Gasteiger partial charge in [-0.25, -0.2) is 0 Å². The first kappa shape index (κ1) is 9.64. The number of hydrogen-bond acceptors (Lipinski definition) is 3. The van der Waals surface area contributed by atoms with Gasteiger partial charge < -0.3 is 20.1 Å². The van der Waals surface area contributed by atoms with E-state index < -0.39 is 13.3 Å². The van der Waals surface area contributed by atoms with Crippen molar-refractivity contribution in [2.45, 2.75) is 12.7 Å². The fourth-order valence-corrected chi connectivity index (χ4v) is 1.65. The van der Waals surface area contributed by atoms with E-state index in [1.54, 1.807) is 6.07 Å². The Labute approximate surface area is 114 Å². The monoisotopic (exact) mass is 357 g/mol. The number of aromatic amines is 1. The smallest absolute Gasteiger partial charge is 0.267 e. The maximum absolute atomic E-state index is 11.7. The van der Waals surface area contributed by atoms with Crippen molar-refractivity contribution in [2.75, 3.05) is 13.6 Å². The third-order valence-electron chi connectivity index (χ3n) is 1.78. The van der Waals surface area contributed by atoms with E-state index >= 15 is 0 Å². The molecule has 1 amide bonds. The number of H-pyrrole nitrogens is 1. The van der Waals surface area contributed by atoms with Gasteiger partial charge in [-0.05, 0) is 37.9 Å². The van der Waals surface area contributed by atoms with Crippen LogP contribution in [0.4, 0.5) is 0 Å². The first-order chi connectivity index (χ1) is 8.69. The SMILES string of the molecule is [2H]C([2H])([2H])OC(O)CCNC(=O)c1cc(Br)c(Br)[nH]1. The first-order valence-electron chi connectivity index (χ1n) is 5.87. The summed E-state index contributed by atoms with van der Waals surface area (Å²) in [6, 6.07) is 1.59. The number of aliphatic hydroxyl groups excluding tert-OH is 1. The minimum atomic E-state index is -2.65. The molecule has 0 radical (unpaired) electrons. The standard InChI is InChI=1S/C9H12Br2N2O3/c1-16-7(14)2-3-12-9(15)6-4-5(10)8(11)13-6/h4,7,13-14H,2-3H2,1H3,(H,12,15)/i1D3. The zero-order chi connectivity index (χ0) is 14.6. The summed E-state index contributed by atoms with van der Waals surface area (Å²) in [6.07, 6.45) is -1.47. The maximum Gasteiger partial charge on any atom is 0.267 e. The molecule has 0 spiro atoms. The Balaban J connectivity index is 2.35. The molecule has 1 heterocycles. The van der Waals surface area contributed by atoms with Gasteiger partial charge in [-0.3, -0.25) is 4.79 Å². The Bertz CT molecular complexity index is 431. The molecule has 7 heteroatoms. The van der Waals surface area contributed by atoms with E-state index in [1.807, 2.05) is 0 Å². The van der Waals surface area contributed by atoms with Crippen LogP contribution in [-0.4, -0.2) is 35.9 Å². The number of halogens is 2. The molecule has 0 saturated carbocycles. The van der Waals surface area contributed by atoms with Gasteiger partial charge in [-0.1, -0.05) is 0 Å². The third kappa shape index (κ3) is 3.89. The molecule has 0 bridgehead atoms. The quantitative estimate of drug-likeness (QED) is 0.700. The topological polar surface area (TPSA) is 74.3 Å². The van der Waals surface area contributed by atoms with Gasteiger partial charge in [0.25, 0.3) is 5.91 Å². The predicted octanol–water partition coefficient (Wildman–Crippen LogP) is 1.62. The summed E-state index contributed by atoms with van der Waals surface area (Å²) in [4.78, 5) is 14.5. The zero-order valence-electron chi connectivity index (χ0n) is 11.1. The van der Waals surface area contributed by atoms with E-state index in [0.29, 0.717) is 14.8 Å². The van der Waals surface area contributed by atoms with Crippen molar-refractivity contribution < 1.29 is 18.8 Å². The molecule has 90 valence electrons. The fourth-order valence-electron chi connectivity index (χ4n) is 0.990. The summed E-state index contributed by atoms with van der Waals surface area (Å²) in [5.74, 6) is -0.368. The molecule has 1 unspecified atom stereocenters. The van der Waals surface area contributed by atoms with Gasteiger partial charge in [0.2, 0.25) is 0 Å². The molecule has 1 aromatic rings. The van der Waals surface area contributed by atoms with Gasteiger partial charge >= 0.3 is 0 Å². The molecule has 0 aliphatic rings. The summed E-state index contributed by atoms with van der Waals surface area (Å²) < 4.78 is 26.1. The Hall–Kier alpha value is -0.370. The van der Waals surface area contributed by atoms with Gasteiger partial charge in [0.1, 0.15) is 5.69 Å². The highest BCUT2D eigenvalue weighted by atomic mass is 79.9. The number of methoxy groups -OCH3 is 1. The van der Waals surface area contributed by atoms with Crippen molar-refractivity contribution in [3.8, 4) is 0 Å². The number of ether oxygens (including phenoxy) is 1. The third-order valence-corrected chi connectivity index (χ3v) is 3.57. The lowest BCUT2D eigenvalue weighted by molar-refractivity contribution is -0.0770. The molecule has 1 atom stereocenters. The van der Waals surface area contributed by atoms with Crippen molar-refractivity contribution in [1.82, 2.24) is 10.3 Å². The van der Waals surface area contributed by atoms with Crippen LogP contribution in [0.15, 0.2) is 15.1 Å². The highest BCUT2D eigenvalue weighted by molar-refractivity contribution is 9.13. The van der Waals surface area contributed by atoms with Crippen LogP contribution in [0.5, 0.6) is 0 Å². The van der Waals surface area contributed by atoms with E-state index in [1.165, 1.54) is 0 Å². The number of carbonyl (C=O) groups excluding carboxylic acids is 1. The van der Waals surface area contributed by atoms with E-state index in [0.717, 1.165) is 0 Å². The minimum Gasteiger partial charge on any atom is -0.368 e. The number of hydrogen-bond donors (Lipinski definition) is 3. The fraction of sp³-hybridized carbons (Fsp3) is 0.444. The predicted molar refractivity (Wildman–Crippen MR) is 66.2 cm³/mol. The van der Waals surface area contributed by atoms with Crippen LogP contribution in [0.1, 0.15) is 21.0 Å². The van der Waals surface area contributed by atoms with Crippen LogP contribution in [0.25, 0.3) is 0 Å². The number of carbonyl (C=O) groups is 1. The summed E-state index contributed by atoms with van der Waals surface area (Å²) in [5, 5.41) is 11.8. The van der Waals surface area contributed by atoms with Crippen LogP contribution in [0.3, 0.4) is 0 Å². The lowest BCUT2D eigenvalue weighted by Crippen LogP contribution is -2.27. The largest absolute Gasteiger partial charge is 0.368 e. The first-order valence-corrected chi connectivity index (χ1v) is 5.96. The molecule has 16 heavy (non-hydrogen) atoms. The number of nitrogens with one attached hydrogen (secondary N) is 2. The van der Waals surface area contributed by atoms with E-state index in [4.69, 9.17) is 4.11 Å². The van der Waals surface area contributed by atoms with Gasteiger partial charge in [0.15, 0.2) is 6.29 Å². The van der Waals surface area contributed by atoms with Gasteiger partial charge in [0.05, 0.1) is 13.2 Å². The Morgan fingerprint density at radius 3 is 3.12 bits per heavy atom. The molecule has 0 aliphatic heterocycles. The van der Waals surface area contributed by atoms with Crippen molar-refractivity contribution in [2.24, 2.45) is 0 Å². The Morgan fingerprint density at radius 1 is 1.81 bits per heavy atom. The van der Waals surface area contributed by atoms with Gasteiger partial charge in [-0.2, -0.15) is 0 Å². The molecule has 0 aromatic carbocycles. The molecular weight excluding hydrogens is 344 g/mol. The molecule has 0 aliphatic carbocycles. The average Bonchev–Trinajstić information content (AvgIpc) is 2.56. The number of rotatable bonds is 5. The maximum atomic E-state index is 11.7. The van der Waals surface area contributed by atoms with Crippen LogP contribution >= 0.6 is 31.9 Å². The number of aliphatic hydroxyl groups is 1. The highest BCUT2D eigenvalue weighted by Gasteiger charge is 2.11. The summed E-state index contributed by atoms with van der Waals surface area (Å²) in [5.41, 5.74) is 0.338. The summed E-state index contributed by atoms with van der Waals surface area (Å²) >= 11 is 6.43. The van der Waals surface area contributed by atoms with Crippen molar-refractivity contribution in [1.29, 1.82) is 0 Å². The summed E-state index contributed by atoms with van der Waals surface area (Å²) in [7, 11) is -2.65. The Morgan fingerprint density at radius 2 is 2.56 bits per heavy atom. The Kier molecular flexibility index (Phi) is 3.85. The molecule has 1 rings (SSSR count). The highest BCUT2D eigenvalue weighted by Crippen LogP contribution is 2.22. The van der Waals surface area contributed by atoms with Gasteiger partial charge in [0, 0.05) is 20.0 Å². The molecular formula is C9H12Br2N2O3. The summed E-state index contributed by atoms with van der Waals surface area (Å²) in [6.45, 7) is 0.0876. The minimum absolute atomic E-state index is 0.0207. The van der Waals surface area contributed by atoms with Gasteiger partial charge in [-0.15, -0.1) is 0 Å². The van der Waals surface area contributed by atoms with E-state index in [-0.39, 0.29) is 18.9 Å². The van der Waals surface area contributed by atoms with E-state index in [9.17, 15) is 9.90 Å². The molecule has 5 nitrogen and oxygen atoms in total. The zero-order valence-corrected chi connectivity index (χ0v) is 11.3. The second-order valence-corrected chi connectivity index (χ2v) is 4.61. The van der Waals surface area contributed by atoms with Crippen LogP contribution < -0.4 is 5.32 Å². The molecule has 3 N–H and O–H groups in total. The van der Waals surface area contributed by atoms with Crippen molar-refractivity contribution >= 4 is 37.8 Å². The second kappa shape index (κ2) is 6.39. The normalized spacial score (nSPS) is 16.1. The lowest BCUT2D eigenvalue weighted by Gasteiger charge is -2.08. The molecule has 0 fully saturated rings. The molecule has 0 saturated heterocycles. The lowest BCUT2D eigenvalue weighted by atomic mass is 10.3. The van der Waals surface area contributed by atoms with Crippen molar-refractivity contribution in [3.63, 3.8) is 0 Å². The van der Waals surface area contributed by atoms with Crippen LogP contribution in [0.2, 0.25) is 0 Å². The average molecular weight is 359 g/mol. The second-order valence-electron chi connectivity index (χ2n) is 2.96.